The van der Waals surface area contributed by atoms with Crippen LogP contribution < -0.4 is 0 Å². The lowest BCUT2D eigenvalue weighted by Gasteiger charge is -2.16. The molecule has 0 amide bonds. The van der Waals surface area contributed by atoms with Crippen molar-refractivity contribution in [3.8, 4) is 0 Å². The Balaban J connectivity index is 2.49. The van der Waals surface area contributed by atoms with Crippen LogP contribution in [0.2, 0.25) is 0 Å². The topological polar surface area (TPSA) is 55.7 Å². The molecule has 0 aliphatic carbocycles. The second-order valence-electron chi connectivity index (χ2n) is 5.07. The average molecular weight is 211 g/mol. The molecule has 15 heavy (non-hydrogen) atoms. The molecular formula is C11H17NO3. The van der Waals surface area contributed by atoms with E-state index in [1.54, 1.807) is 6.92 Å². The van der Waals surface area contributed by atoms with Gasteiger partial charge in [-0.05, 0) is 5.41 Å². The maximum atomic E-state index is 11.6. The Morgan fingerprint density at radius 2 is 2.07 bits per heavy atom. The first-order valence-corrected chi connectivity index (χ1v) is 5.06. The van der Waals surface area contributed by atoms with Crippen LogP contribution in [-0.4, -0.2) is 23.7 Å². The molecule has 0 aromatic heterocycles. The highest BCUT2D eigenvalue weighted by molar-refractivity contribution is 5.98. The number of ketones is 1. The fourth-order valence-electron chi connectivity index (χ4n) is 1.52. The Bertz CT molecular complexity index is 312. The van der Waals surface area contributed by atoms with Gasteiger partial charge in [0.1, 0.15) is 5.78 Å². The number of esters is 1. The highest BCUT2D eigenvalue weighted by Crippen LogP contribution is 2.21. The first-order valence-electron chi connectivity index (χ1n) is 5.06. The Hall–Kier alpha value is -1.19. The standard InChI is InChI=1S/C11H17NO3/c1-7-12-9(10(14)15-7)5-8(13)6-11(2,3)4/h9H,5-6H2,1-4H3. The van der Waals surface area contributed by atoms with Crippen molar-refractivity contribution in [3.05, 3.63) is 0 Å². The lowest BCUT2D eigenvalue weighted by molar-refractivity contribution is -0.137. The van der Waals surface area contributed by atoms with Crippen LogP contribution in [0.4, 0.5) is 0 Å². The van der Waals surface area contributed by atoms with Crippen LogP contribution in [0.3, 0.4) is 0 Å². The highest BCUT2D eigenvalue weighted by Gasteiger charge is 2.30. The van der Waals surface area contributed by atoms with Gasteiger partial charge in [0.05, 0.1) is 0 Å². The Labute approximate surface area is 89.7 Å². The molecule has 0 aromatic rings. The summed E-state index contributed by atoms with van der Waals surface area (Å²) < 4.78 is 4.76. The van der Waals surface area contributed by atoms with E-state index in [2.05, 4.69) is 4.99 Å². The van der Waals surface area contributed by atoms with Crippen LogP contribution in [0.1, 0.15) is 40.5 Å². The minimum atomic E-state index is -0.611. The van der Waals surface area contributed by atoms with E-state index in [0.29, 0.717) is 12.3 Å². The van der Waals surface area contributed by atoms with Gasteiger partial charge in [0.25, 0.3) is 0 Å². The zero-order chi connectivity index (χ0) is 11.6. The summed E-state index contributed by atoms with van der Waals surface area (Å²) in [5, 5.41) is 0. The second-order valence-corrected chi connectivity index (χ2v) is 5.07. The smallest absolute Gasteiger partial charge is 0.337 e. The molecule has 0 saturated heterocycles. The number of aliphatic imine (C=N–C) groups is 1. The number of cyclic esters (lactones) is 1. The van der Waals surface area contributed by atoms with Gasteiger partial charge in [-0.1, -0.05) is 20.8 Å². The molecule has 1 atom stereocenters. The number of carbonyl (C=O) groups excluding carboxylic acids is 2. The number of Topliss-reactive ketones (excluding diaryl/α,β-unsaturated/α-hetero) is 1. The molecule has 1 heterocycles. The van der Waals surface area contributed by atoms with Gasteiger partial charge in [0.2, 0.25) is 0 Å². The van der Waals surface area contributed by atoms with Gasteiger partial charge in [0.15, 0.2) is 11.9 Å². The monoisotopic (exact) mass is 211 g/mol. The quantitative estimate of drug-likeness (QED) is 0.668. The van der Waals surface area contributed by atoms with Crippen LogP contribution in [0.25, 0.3) is 0 Å². The molecule has 0 fully saturated rings. The number of nitrogens with zero attached hydrogens (tertiary/aromatic N) is 1. The van der Waals surface area contributed by atoms with E-state index < -0.39 is 12.0 Å². The summed E-state index contributed by atoms with van der Waals surface area (Å²) in [6.07, 6.45) is 0.624. The van der Waals surface area contributed by atoms with E-state index in [9.17, 15) is 9.59 Å². The van der Waals surface area contributed by atoms with E-state index >= 15 is 0 Å². The summed E-state index contributed by atoms with van der Waals surface area (Å²) in [4.78, 5) is 26.8. The maximum Gasteiger partial charge on any atom is 0.337 e. The van der Waals surface area contributed by atoms with Gasteiger partial charge >= 0.3 is 5.97 Å². The number of carbonyl (C=O) groups is 2. The average Bonchev–Trinajstić information content (AvgIpc) is 2.25. The molecular weight excluding hydrogens is 194 g/mol. The molecule has 0 spiro atoms. The molecule has 0 bridgehead atoms. The minimum absolute atomic E-state index is 0.0433. The van der Waals surface area contributed by atoms with Crippen LogP contribution >= 0.6 is 0 Å². The summed E-state index contributed by atoms with van der Waals surface area (Å²) in [6, 6.07) is -0.611. The maximum absolute atomic E-state index is 11.6. The Morgan fingerprint density at radius 3 is 2.47 bits per heavy atom. The molecule has 1 aliphatic rings. The molecule has 84 valence electrons. The van der Waals surface area contributed by atoms with E-state index in [1.807, 2.05) is 20.8 Å². The molecule has 0 aromatic carbocycles. The van der Waals surface area contributed by atoms with Gasteiger partial charge in [0, 0.05) is 19.8 Å². The Kier molecular flexibility index (Phi) is 3.27. The first kappa shape index (κ1) is 11.9. The summed E-state index contributed by atoms with van der Waals surface area (Å²) >= 11 is 0. The predicted octanol–water partition coefficient (Wildman–Crippen LogP) is 1.73. The van der Waals surface area contributed by atoms with Crippen molar-refractivity contribution in [1.82, 2.24) is 0 Å². The van der Waals surface area contributed by atoms with Gasteiger partial charge < -0.3 is 4.74 Å². The third-order valence-corrected chi connectivity index (χ3v) is 2.01. The number of hydrogen-bond acceptors (Lipinski definition) is 4. The zero-order valence-corrected chi connectivity index (χ0v) is 9.66. The molecule has 1 rings (SSSR count). The highest BCUT2D eigenvalue weighted by atomic mass is 16.6. The molecule has 0 N–H and O–H groups in total. The number of hydrogen-bond donors (Lipinski definition) is 0. The third kappa shape index (κ3) is 3.81. The SMILES string of the molecule is CC1=NC(CC(=O)CC(C)(C)C)C(=O)O1. The van der Waals surface area contributed by atoms with Crippen LogP contribution in [0, 0.1) is 5.41 Å². The molecule has 4 heteroatoms. The molecule has 0 radical (unpaired) electrons. The lowest BCUT2D eigenvalue weighted by atomic mass is 9.88. The van der Waals surface area contributed by atoms with Crippen molar-refractivity contribution in [2.45, 2.75) is 46.6 Å². The number of ether oxygens (including phenoxy) is 1. The predicted molar refractivity (Wildman–Crippen MR) is 56.7 cm³/mol. The largest absolute Gasteiger partial charge is 0.411 e. The van der Waals surface area contributed by atoms with Crippen LogP contribution in [0.15, 0.2) is 4.99 Å². The number of rotatable bonds is 3. The second kappa shape index (κ2) is 4.13. The van der Waals surface area contributed by atoms with E-state index in [0.717, 1.165) is 0 Å². The van der Waals surface area contributed by atoms with Crippen molar-refractivity contribution in [1.29, 1.82) is 0 Å². The molecule has 1 unspecified atom stereocenters. The molecule has 1 aliphatic heterocycles. The first-order chi connectivity index (χ1) is 6.78. The zero-order valence-electron chi connectivity index (χ0n) is 9.66. The molecule has 0 saturated carbocycles. The fraction of sp³-hybridized carbons (Fsp3) is 0.727. The summed E-state index contributed by atoms with van der Waals surface area (Å²) in [5.41, 5.74) is -0.0433. The van der Waals surface area contributed by atoms with Crippen molar-refractivity contribution in [3.63, 3.8) is 0 Å². The van der Waals surface area contributed by atoms with Gasteiger partial charge in [-0.3, -0.25) is 4.79 Å². The van der Waals surface area contributed by atoms with Crippen molar-refractivity contribution in [2.24, 2.45) is 10.4 Å². The van der Waals surface area contributed by atoms with Crippen molar-refractivity contribution < 1.29 is 14.3 Å². The summed E-state index contributed by atoms with van der Waals surface area (Å²) in [6.45, 7) is 7.59. The fourth-order valence-corrected chi connectivity index (χ4v) is 1.52. The summed E-state index contributed by atoms with van der Waals surface area (Å²) in [5.74, 6) is 0.00576. The van der Waals surface area contributed by atoms with Gasteiger partial charge in [-0.15, -0.1) is 0 Å². The summed E-state index contributed by atoms with van der Waals surface area (Å²) in [7, 11) is 0. The minimum Gasteiger partial charge on any atom is -0.411 e. The normalized spacial score (nSPS) is 21.2. The Morgan fingerprint density at radius 1 is 1.47 bits per heavy atom. The van der Waals surface area contributed by atoms with E-state index in [1.165, 1.54) is 0 Å². The van der Waals surface area contributed by atoms with Crippen LogP contribution in [-0.2, 0) is 14.3 Å². The third-order valence-electron chi connectivity index (χ3n) is 2.01. The van der Waals surface area contributed by atoms with Crippen molar-refractivity contribution in [2.75, 3.05) is 0 Å². The molecule has 4 nitrogen and oxygen atoms in total. The van der Waals surface area contributed by atoms with Gasteiger partial charge in [-0.2, -0.15) is 0 Å². The van der Waals surface area contributed by atoms with Gasteiger partial charge in [-0.25, -0.2) is 9.79 Å². The lowest BCUT2D eigenvalue weighted by Crippen LogP contribution is -2.22. The van der Waals surface area contributed by atoms with Crippen LogP contribution in [0.5, 0.6) is 0 Å². The van der Waals surface area contributed by atoms with E-state index in [4.69, 9.17) is 4.74 Å². The van der Waals surface area contributed by atoms with E-state index in [-0.39, 0.29) is 17.6 Å². The van der Waals surface area contributed by atoms with Crippen molar-refractivity contribution >= 4 is 17.7 Å².